The van der Waals surface area contributed by atoms with Gasteiger partial charge in [0.05, 0.1) is 24.6 Å². The smallest absolute Gasteiger partial charge is 0.163 e. The molecule has 4 nitrogen and oxygen atoms in total. The van der Waals surface area contributed by atoms with E-state index in [0.717, 1.165) is 35.0 Å². The van der Waals surface area contributed by atoms with E-state index >= 15 is 0 Å². The molecule has 0 saturated heterocycles. The van der Waals surface area contributed by atoms with Crippen molar-refractivity contribution >= 4 is 0 Å². The summed E-state index contributed by atoms with van der Waals surface area (Å²) in [6, 6.07) is 15.2. The molecule has 2 N–H and O–H groups in total. The molecular formula is C22H24FN2O2+. The van der Waals surface area contributed by atoms with Crippen LogP contribution in [-0.4, -0.2) is 17.8 Å². The molecule has 0 aliphatic carbocycles. The Labute approximate surface area is 158 Å². The normalized spacial score (nSPS) is 15.6. The number of fused-ring (bicyclic) bond motifs is 3. The molecule has 2 aromatic carbocycles. The lowest BCUT2D eigenvalue weighted by Gasteiger charge is -2.16. The van der Waals surface area contributed by atoms with Crippen molar-refractivity contribution in [3.63, 3.8) is 0 Å². The summed E-state index contributed by atoms with van der Waals surface area (Å²) < 4.78 is 27.2. The first kappa shape index (κ1) is 17.6. The third-order valence-corrected chi connectivity index (χ3v) is 4.91. The van der Waals surface area contributed by atoms with Gasteiger partial charge in [0.25, 0.3) is 0 Å². The fourth-order valence-corrected chi connectivity index (χ4v) is 3.73. The minimum absolute atomic E-state index is 0.0964. The second kappa shape index (κ2) is 7.45. The molecular weight excluding hydrogens is 343 g/mol. The maximum atomic E-state index is 13.4. The zero-order chi connectivity index (χ0) is 18.8. The van der Waals surface area contributed by atoms with E-state index in [-0.39, 0.29) is 11.9 Å². The van der Waals surface area contributed by atoms with Crippen LogP contribution in [0.25, 0.3) is 5.69 Å². The highest BCUT2D eigenvalue weighted by Crippen LogP contribution is 2.35. The molecule has 0 amide bonds. The third-order valence-electron chi connectivity index (χ3n) is 4.91. The van der Waals surface area contributed by atoms with Crippen LogP contribution in [0.1, 0.15) is 36.7 Å². The van der Waals surface area contributed by atoms with Gasteiger partial charge in [-0.2, -0.15) is 0 Å². The lowest BCUT2D eigenvalue weighted by atomic mass is 10.0. The monoisotopic (exact) mass is 367 g/mol. The van der Waals surface area contributed by atoms with Gasteiger partial charge in [0.1, 0.15) is 12.4 Å². The molecule has 1 aliphatic heterocycles. The molecule has 27 heavy (non-hydrogen) atoms. The van der Waals surface area contributed by atoms with Gasteiger partial charge >= 0.3 is 0 Å². The SMILES string of the molecule is CCOc1cc2c(cc1OCC)-n1cccc1[C@@H](c1ccc(F)cc1)[NH2+]C2. The Kier molecular flexibility index (Phi) is 4.86. The van der Waals surface area contributed by atoms with Crippen molar-refractivity contribution in [3.05, 3.63) is 77.4 Å². The van der Waals surface area contributed by atoms with E-state index in [9.17, 15) is 4.39 Å². The van der Waals surface area contributed by atoms with Crippen molar-refractivity contribution in [2.24, 2.45) is 0 Å². The molecule has 0 bridgehead atoms. The Morgan fingerprint density at radius 1 is 1.04 bits per heavy atom. The molecule has 0 spiro atoms. The van der Waals surface area contributed by atoms with Gasteiger partial charge in [-0.15, -0.1) is 0 Å². The number of hydrogen-bond acceptors (Lipinski definition) is 2. The number of hydrogen-bond donors (Lipinski definition) is 1. The fraction of sp³-hybridized carbons (Fsp3) is 0.273. The first-order valence-electron chi connectivity index (χ1n) is 9.40. The quantitative estimate of drug-likeness (QED) is 0.749. The number of halogens is 1. The van der Waals surface area contributed by atoms with E-state index in [1.165, 1.54) is 17.7 Å². The van der Waals surface area contributed by atoms with Crippen molar-refractivity contribution in [2.75, 3.05) is 13.2 Å². The van der Waals surface area contributed by atoms with Gasteiger partial charge in [-0.05, 0) is 56.3 Å². The predicted molar refractivity (Wildman–Crippen MR) is 102 cm³/mol. The summed E-state index contributed by atoms with van der Waals surface area (Å²) in [6.07, 6.45) is 2.07. The lowest BCUT2D eigenvalue weighted by Crippen LogP contribution is -2.83. The topological polar surface area (TPSA) is 40.0 Å². The van der Waals surface area contributed by atoms with Crippen LogP contribution in [0.15, 0.2) is 54.7 Å². The molecule has 140 valence electrons. The standard InChI is InChI=1S/C22H23FN2O2/c1-3-26-20-12-16-14-24-22(15-7-9-17(23)10-8-15)18-6-5-11-25(18)19(16)13-21(20)27-4-2/h5-13,22,24H,3-4,14H2,1-2H3/p+1/t22-/m1/s1. The number of nitrogens with two attached hydrogens (primary N) is 1. The molecule has 2 heterocycles. The molecule has 4 rings (SSSR count). The van der Waals surface area contributed by atoms with E-state index < -0.39 is 0 Å². The second-order valence-corrected chi connectivity index (χ2v) is 6.57. The van der Waals surface area contributed by atoms with E-state index in [2.05, 4.69) is 34.3 Å². The van der Waals surface area contributed by atoms with Crippen LogP contribution in [0.3, 0.4) is 0 Å². The van der Waals surface area contributed by atoms with Crippen LogP contribution < -0.4 is 14.8 Å². The zero-order valence-corrected chi connectivity index (χ0v) is 15.6. The number of nitrogens with zero attached hydrogens (tertiary/aromatic N) is 1. The van der Waals surface area contributed by atoms with E-state index in [0.29, 0.717) is 13.2 Å². The van der Waals surface area contributed by atoms with Crippen molar-refractivity contribution in [3.8, 4) is 17.2 Å². The maximum absolute atomic E-state index is 13.4. The zero-order valence-electron chi connectivity index (χ0n) is 15.6. The largest absolute Gasteiger partial charge is 0.490 e. The average Bonchev–Trinajstić information content (AvgIpc) is 3.09. The molecule has 0 fully saturated rings. The summed E-state index contributed by atoms with van der Waals surface area (Å²) in [5.74, 6) is 1.33. The highest BCUT2D eigenvalue weighted by molar-refractivity contribution is 5.56. The molecule has 1 atom stereocenters. The fourth-order valence-electron chi connectivity index (χ4n) is 3.73. The summed E-state index contributed by atoms with van der Waals surface area (Å²) in [4.78, 5) is 0. The van der Waals surface area contributed by atoms with Gasteiger partial charge in [-0.3, -0.25) is 0 Å². The summed E-state index contributed by atoms with van der Waals surface area (Å²) in [7, 11) is 0. The molecule has 0 radical (unpaired) electrons. The Morgan fingerprint density at radius 3 is 2.44 bits per heavy atom. The van der Waals surface area contributed by atoms with E-state index in [1.54, 1.807) is 0 Å². The lowest BCUT2D eigenvalue weighted by molar-refractivity contribution is -0.702. The van der Waals surface area contributed by atoms with Crippen molar-refractivity contribution in [1.29, 1.82) is 0 Å². The first-order valence-corrected chi connectivity index (χ1v) is 9.40. The molecule has 5 heteroatoms. The summed E-state index contributed by atoms with van der Waals surface area (Å²) >= 11 is 0. The maximum Gasteiger partial charge on any atom is 0.163 e. The van der Waals surface area contributed by atoms with Gasteiger partial charge in [0, 0.05) is 23.4 Å². The Bertz CT molecular complexity index is 934. The van der Waals surface area contributed by atoms with Gasteiger partial charge in [0.15, 0.2) is 17.5 Å². The second-order valence-electron chi connectivity index (χ2n) is 6.57. The van der Waals surface area contributed by atoms with Crippen molar-refractivity contribution < 1.29 is 19.2 Å². The number of rotatable bonds is 5. The van der Waals surface area contributed by atoms with Crippen LogP contribution in [-0.2, 0) is 6.54 Å². The summed E-state index contributed by atoms with van der Waals surface area (Å²) in [5.41, 5.74) is 4.53. The van der Waals surface area contributed by atoms with Crippen LogP contribution in [0, 0.1) is 5.82 Å². The third kappa shape index (κ3) is 3.30. The van der Waals surface area contributed by atoms with Gasteiger partial charge < -0.3 is 19.4 Å². The van der Waals surface area contributed by atoms with Crippen molar-refractivity contribution in [1.82, 2.24) is 4.57 Å². The molecule has 0 saturated carbocycles. The van der Waals surface area contributed by atoms with Crippen LogP contribution in [0.5, 0.6) is 11.5 Å². The molecule has 1 aromatic heterocycles. The Morgan fingerprint density at radius 2 is 1.74 bits per heavy atom. The number of ether oxygens (including phenoxy) is 2. The van der Waals surface area contributed by atoms with E-state index in [4.69, 9.17) is 9.47 Å². The molecule has 0 unspecified atom stereocenters. The molecule has 3 aromatic rings. The van der Waals surface area contributed by atoms with Crippen LogP contribution in [0.4, 0.5) is 4.39 Å². The summed E-state index contributed by atoms with van der Waals surface area (Å²) in [6.45, 7) is 5.92. The predicted octanol–water partition coefficient (Wildman–Crippen LogP) is 3.58. The number of quaternary nitrogens is 1. The highest BCUT2D eigenvalue weighted by Gasteiger charge is 2.27. The average molecular weight is 367 g/mol. The Balaban J connectivity index is 1.81. The van der Waals surface area contributed by atoms with Gasteiger partial charge in [0.2, 0.25) is 0 Å². The summed E-state index contributed by atoms with van der Waals surface area (Å²) in [5, 5.41) is 2.28. The van der Waals surface area contributed by atoms with Gasteiger partial charge in [-0.25, -0.2) is 4.39 Å². The van der Waals surface area contributed by atoms with Gasteiger partial charge in [-0.1, -0.05) is 0 Å². The number of aromatic nitrogens is 1. The highest BCUT2D eigenvalue weighted by atomic mass is 19.1. The first-order chi connectivity index (χ1) is 13.2. The van der Waals surface area contributed by atoms with Crippen molar-refractivity contribution in [2.45, 2.75) is 26.4 Å². The molecule has 1 aliphatic rings. The van der Waals surface area contributed by atoms with E-state index in [1.807, 2.05) is 32.0 Å². The minimum atomic E-state index is -0.214. The van der Waals surface area contributed by atoms with Crippen LogP contribution >= 0.6 is 0 Å². The van der Waals surface area contributed by atoms with Crippen LogP contribution in [0.2, 0.25) is 0 Å². The Hall–Kier alpha value is -2.79. The minimum Gasteiger partial charge on any atom is -0.490 e. The number of benzene rings is 2.